The SMILES string of the molecule is CC(C)NC(=O)c1cccc(I)c1C(N)=O. The number of benzene rings is 1. The van der Waals surface area contributed by atoms with Gasteiger partial charge >= 0.3 is 0 Å². The van der Waals surface area contributed by atoms with Crippen LogP contribution < -0.4 is 11.1 Å². The second-order valence-electron chi connectivity index (χ2n) is 3.65. The molecule has 86 valence electrons. The average Bonchev–Trinajstić information content (AvgIpc) is 2.15. The third-order valence-electron chi connectivity index (χ3n) is 1.92. The highest BCUT2D eigenvalue weighted by molar-refractivity contribution is 14.1. The molecule has 0 saturated heterocycles. The van der Waals surface area contributed by atoms with Crippen LogP contribution in [0.3, 0.4) is 0 Å². The molecule has 4 nitrogen and oxygen atoms in total. The van der Waals surface area contributed by atoms with Crippen molar-refractivity contribution >= 4 is 34.4 Å². The van der Waals surface area contributed by atoms with E-state index in [0.717, 1.165) is 0 Å². The van der Waals surface area contributed by atoms with Crippen LogP contribution in [-0.2, 0) is 0 Å². The van der Waals surface area contributed by atoms with Gasteiger partial charge in [0.1, 0.15) is 0 Å². The van der Waals surface area contributed by atoms with Crippen LogP contribution in [0.5, 0.6) is 0 Å². The summed E-state index contributed by atoms with van der Waals surface area (Å²) in [5.41, 5.74) is 5.87. The van der Waals surface area contributed by atoms with Crippen LogP contribution in [0.1, 0.15) is 34.6 Å². The molecule has 1 aromatic carbocycles. The predicted molar refractivity (Wildman–Crippen MR) is 70.3 cm³/mol. The molecule has 0 atom stereocenters. The van der Waals surface area contributed by atoms with Crippen molar-refractivity contribution in [2.45, 2.75) is 19.9 Å². The number of halogens is 1. The van der Waals surface area contributed by atoms with Gasteiger partial charge < -0.3 is 11.1 Å². The zero-order valence-electron chi connectivity index (χ0n) is 9.08. The maximum atomic E-state index is 11.8. The lowest BCUT2D eigenvalue weighted by atomic mass is 10.1. The van der Waals surface area contributed by atoms with Crippen LogP contribution in [0.15, 0.2) is 18.2 Å². The van der Waals surface area contributed by atoms with Crippen LogP contribution in [0.2, 0.25) is 0 Å². The molecule has 2 amide bonds. The van der Waals surface area contributed by atoms with Gasteiger partial charge in [0, 0.05) is 9.61 Å². The van der Waals surface area contributed by atoms with Gasteiger partial charge in [-0.05, 0) is 48.6 Å². The van der Waals surface area contributed by atoms with Crippen molar-refractivity contribution in [3.05, 3.63) is 32.9 Å². The Morgan fingerprint density at radius 2 is 2.00 bits per heavy atom. The molecule has 0 spiro atoms. The summed E-state index contributed by atoms with van der Waals surface area (Å²) in [5.74, 6) is -0.860. The van der Waals surface area contributed by atoms with E-state index in [1.54, 1.807) is 18.2 Å². The van der Waals surface area contributed by atoms with Gasteiger partial charge in [0.25, 0.3) is 11.8 Å². The summed E-state index contributed by atoms with van der Waals surface area (Å²) in [5, 5.41) is 2.73. The largest absolute Gasteiger partial charge is 0.366 e. The Kier molecular flexibility index (Phi) is 4.28. The number of nitrogens with one attached hydrogen (secondary N) is 1. The van der Waals surface area contributed by atoms with E-state index in [2.05, 4.69) is 5.32 Å². The van der Waals surface area contributed by atoms with E-state index in [1.165, 1.54) is 0 Å². The molecular weight excluding hydrogens is 319 g/mol. The smallest absolute Gasteiger partial charge is 0.252 e. The normalized spacial score (nSPS) is 10.2. The first kappa shape index (κ1) is 13.0. The molecular formula is C11H13IN2O2. The first-order valence-electron chi connectivity index (χ1n) is 4.82. The fraction of sp³-hybridized carbons (Fsp3) is 0.273. The van der Waals surface area contributed by atoms with Gasteiger partial charge in [0.2, 0.25) is 0 Å². The molecule has 0 radical (unpaired) electrons. The Morgan fingerprint density at radius 3 is 2.50 bits per heavy atom. The molecule has 0 aliphatic heterocycles. The van der Waals surface area contributed by atoms with Crippen LogP contribution in [0.4, 0.5) is 0 Å². The molecule has 0 unspecified atom stereocenters. The molecule has 0 aliphatic rings. The monoisotopic (exact) mass is 332 g/mol. The van der Waals surface area contributed by atoms with Crippen molar-refractivity contribution in [1.82, 2.24) is 5.32 Å². The minimum atomic E-state index is -0.584. The number of carbonyl (C=O) groups is 2. The van der Waals surface area contributed by atoms with Crippen molar-refractivity contribution in [2.75, 3.05) is 0 Å². The van der Waals surface area contributed by atoms with Crippen molar-refractivity contribution in [2.24, 2.45) is 5.73 Å². The molecule has 1 rings (SSSR count). The minimum Gasteiger partial charge on any atom is -0.366 e. The first-order valence-corrected chi connectivity index (χ1v) is 5.90. The van der Waals surface area contributed by atoms with E-state index >= 15 is 0 Å². The topological polar surface area (TPSA) is 72.2 Å². The summed E-state index contributed by atoms with van der Waals surface area (Å²) >= 11 is 1.99. The number of hydrogen-bond acceptors (Lipinski definition) is 2. The van der Waals surface area contributed by atoms with Crippen molar-refractivity contribution in [1.29, 1.82) is 0 Å². The fourth-order valence-electron chi connectivity index (χ4n) is 1.30. The van der Waals surface area contributed by atoms with Crippen LogP contribution >= 0.6 is 22.6 Å². The van der Waals surface area contributed by atoms with Gasteiger partial charge in [-0.3, -0.25) is 9.59 Å². The second-order valence-corrected chi connectivity index (χ2v) is 4.82. The molecule has 0 aliphatic carbocycles. The highest BCUT2D eigenvalue weighted by Gasteiger charge is 2.17. The molecule has 1 aromatic rings. The summed E-state index contributed by atoms with van der Waals surface area (Å²) in [4.78, 5) is 23.1. The third-order valence-corrected chi connectivity index (χ3v) is 2.82. The third kappa shape index (κ3) is 2.94. The Morgan fingerprint density at radius 1 is 1.38 bits per heavy atom. The summed E-state index contributed by atoms with van der Waals surface area (Å²) < 4.78 is 0.682. The first-order chi connectivity index (χ1) is 7.43. The average molecular weight is 332 g/mol. The second kappa shape index (κ2) is 5.29. The lowest BCUT2D eigenvalue weighted by Crippen LogP contribution is -2.32. The van der Waals surface area contributed by atoms with E-state index in [9.17, 15) is 9.59 Å². The zero-order valence-corrected chi connectivity index (χ0v) is 11.2. The van der Waals surface area contributed by atoms with Gasteiger partial charge in [-0.25, -0.2) is 0 Å². The Bertz CT molecular complexity index is 430. The van der Waals surface area contributed by atoms with Crippen LogP contribution in [-0.4, -0.2) is 17.9 Å². The molecule has 0 bridgehead atoms. The minimum absolute atomic E-state index is 0.0195. The van der Waals surface area contributed by atoms with Gasteiger partial charge in [0.15, 0.2) is 0 Å². The quantitative estimate of drug-likeness (QED) is 0.824. The van der Waals surface area contributed by atoms with E-state index in [0.29, 0.717) is 9.13 Å². The van der Waals surface area contributed by atoms with Gasteiger partial charge in [-0.15, -0.1) is 0 Å². The number of primary amides is 1. The van der Waals surface area contributed by atoms with Gasteiger partial charge in [0.05, 0.1) is 11.1 Å². The predicted octanol–water partition coefficient (Wildman–Crippen LogP) is 1.53. The highest BCUT2D eigenvalue weighted by atomic mass is 127. The van der Waals surface area contributed by atoms with Crippen LogP contribution in [0, 0.1) is 3.57 Å². The number of amides is 2. The summed E-state index contributed by atoms with van der Waals surface area (Å²) in [6.07, 6.45) is 0. The van der Waals surface area contributed by atoms with Crippen molar-refractivity contribution in [3.8, 4) is 0 Å². The molecule has 5 heteroatoms. The van der Waals surface area contributed by atoms with E-state index in [1.807, 2.05) is 36.4 Å². The Labute approximate surface area is 108 Å². The fourth-order valence-corrected chi connectivity index (χ4v) is 2.07. The van der Waals surface area contributed by atoms with Gasteiger partial charge in [-0.1, -0.05) is 6.07 Å². The van der Waals surface area contributed by atoms with E-state index in [-0.39, 0.29) is 17.5 Å². The Balaban J connectivity index is 3.18. The number of hydrogen-bond donors (Lipinski definition) is 2. The molecule has 0 heterocycles. The molecule has 0 saturated carbocycles. The molecule has 0 aromatic heterocycles. The summed E-state index contributed by atoms with van der Waals surface area (Å²) in [7, 11) is 0. The Hall–Kier alpha value is -1.11. The maximum absolute atomic E-state index is 11.8. The van der Waals surface area contributed by atoms with Crippen molar-refractivity contribution in [3.63, 3.8) is 0 Å². The summed E-state index contributed by atoms with van der Waals surface area (Å²) in [6.45, 7) is 3.71. The standard InChI is InChI=1S/C11H13IN2O2/c1-6(2)14-11(16)7-4-3-5-8(12)9(7)10(13)15/h3-6H,1-2H3,(H2,13,15)(H,14,16). The maximum Gasteiger partial charge on any atom is 0.252 e. The molecule has 0 fully saturated rings. The van der Waals surface area contributed by atoms with Crippen LogP contribution in [0.25, 0.3) is 0 Å². The zero-order chi connectivity index (χ0) is 12.3. The summed E-state index contributed by atoms with van der Waals surface area (Å²) in [6, 6.07) is 5.09. The van der Waals surface area contributed by atoms with Crippen molar-refractivity contribution < 1.29 is 9.59 Å². The number of nitrogens with two attached hydrogens (primary N) is 1. The number of carbonyl (C=O) groups excluding carboxylic acids is 2. The lowest BCUT2D eigenvalue weighted by Gasteiger charge is -2.11. The van der Waals surface area contributed by atoms with E-state index in [4.69, 9.17) is 5.73 Å². The van der Waals surface area contributed by atoms with E-state index < -0.39 is 5.91 Å². The molecule has 16 heavy (non-hydrogen) atoms. The highest BCUT2D eigenvalue weighted by Crippen LogP contribution is 2.16. The number of rotatable bonds is 3. The molecule has 3 N–H and O–H groups in total. The van der Waals surface area contributed by atoms with Gasteiger partial charge in [-0.2, -0.15) is 0 Å². The lowest BCUT2D eigenvalue weighted by molar-refractivity contribution is 0.0927.